The van der Waals surface area contributed by atoms with Crippen LogP contribution in [0.5, 0.6) is 0 Å². The van der Waals surface area contributed by atoms with Crippen LogP contribution in [0.2, 0.25) is 0 Å². The first-order chi connectivity index (χ1) is 27.4. The number of hydrogen-bond acceptors (Lipinski definition) is 15. The fourth-order valence-electron chi connectivity index (χ4n) is 13.2. The van der Waals surface area contributed by atoms with E-state index in [1.54, 1.807) is 13.8 Å². The smallest absolute Gasteiger partial charge is 0.331 e. The first-order valence-electron chi connectivity index (χ1n) is 21.8. The van der Waals surface area contributed by atoms with Gasteiger partial charge >= 0.3 is 11.9 Å². The molecule has 0 aromatic heterocycles. The second-order valence-electron chi connectivity index (χ2n) is 19.5. The Balaban J connectivity index is 0.848. The van der Waals surface area contributed by atoms with Gasteiger partial charge in [0.2, 0.25) is 0 Å². The molecule has 5 N–H and O–H groups in total. The highest BCUT2D eigenvalue weighted by Gasteiger charge is 2.71. The number of aliphatic hydroxyl groups excluding tert-OH is 4. The number of rotatable bonds is 8. The van der Waals surface area contributed by atoms with Crippen molar-refractivity contribution in [2.45, 2.75) is 204 Å². The number of esters is 2. The molecule has 4 saturated carbocycles. The zero-order valence-electron chi connectivity index (χ0n) is 34.8. The molecule has 0 amide bonds. The molecule has 0 radical (unpaired) electrons. The monoisotopic (exact) mass is 822 g/mol. The Bertz CT molecular complexity index is 1520. The van der Waals surface area contributed by atoms with Crippen LogP contribution in [-0.4, -0.2) is 136 Å². The van der Waals surface area contributed by atoms with Gasteiger partial charge in [0.25, 0.3) is 0 Å². The van der Waals surface area contributed by atoms with Gasteiger partial charge < -0.3 is 63.4 Å². The molecule has 0 aromatic rings. The molecule has 7 fully saturated rings. The molecule has 0 bridgehead atoms. The number of aliphatic hydroxyl groups is 5. The second-order valence-corrected chi connectivity index (χ2v) is 19.5. The van der Waals surface area contributed by atoms with Crippen molar-refractivity contribution in [1.29, 1.82) is 0 Å². The van der Waals surface area contributed by atoms with E-state index in [9.17, 15) is 35.1 Å². The SMILES string of the molecule is CC(=O)O[C@H]1CC2(O)[C@@H]3CC[C@@H]4C[C@@H](O[C@@H]5C[C@H](O)[C@H](O[C@@H]6C[C@H](O)[C@H](O[C@@H]7C[C@H](O)[C@H](O)[C@@H](C)O7)[C@@H](C)O6)[C@@H](C)O5)CC[C@]4(C)[C@H]3CC[C@]2(C)[C@H]1C1=CC(=O)OC1. The van der Waals surface area contributed by atoms with Gasteiger partial charge in [0, 0.05) is 50.0 Å². The minimum Gasteiger partial charge on any atom is -0.462 e. The van der Waals surface area contributed by atoms with Crippen LogP contribution in [0, 0.1) is 34.5 Å². The lowest BCUT2D eigenvalue weighted by molar-refractivity contribution is -0.336. The third kappa shape index (κ3) is 7.60. The molecular weight excluding hydrogens is 756 g/mol. The van der Waals surface area contributed by atoms with Crippen molar-refractivity contribution in [3.05, 3.63) is 11.6 Å². The topological polar surface area (TPSA) is 209 Å². The summed E-state index contributed by atoms with van der Waals surface area (Å²) >= 11 is 0. The Kier molecular flexibility index (Phi) is 12.0. The summed E-state index contributed by atoms with van der Waals surface area (Å²) in [6.45, 7) is 11.3. The number of carbonyl (C=O) groups is 2. The number of ether oxygens (including phenoxy) is 8. The van der Waals surface area contributed by atoms with Gasteiger partial charge in [0.05, 0.1) is 48.3 Å². The van der Waals surface area contributed by atoms with Gasteiger partial charge in [-0.25, -0.2) is 4.79 Å². The molecule has 4 heterocycles. The van der Waals surface area contributed by atoms with E-state index in [4.69, 9.17) is 37.9 Å². The molecule has 4 aliphatic heterocycles. The van der Waals surface area contributed by atoms with Crippen molar-refractivity contribution >= 4 is 11.9 Å². The average Bonchev–Trinajstić information content (AvgIpc) is 3.66. The molecule has 15 nitrogen and oxygen atoms in total. The molecule has 1 unspecified atom stereocenters. The van der Waals surface area contributed by atoms with Crippen molar-refractivity contribution in [1.82, 2.24) is 0 Å². The molecule has 58 heavy (non-hydrogen) atoms. The summed E-state index contributed by atoms with van der Waals surface area (Å²) in [6.07, 6.45) is -1.36. The second kappa shape index (κ2) is 16.2. The van der Waals surface area contributed by atoms with Crippen molar-refractivity contribution in [2.75, 3.05) is 6.61 Å². The number of fused-ring (bicyclic) bond motifs is 5. The van der Waals surface area contributed by atoms with Gasteiger partial charge in [-0.1, -0.05) is 13.8 Å². The van der Waals surface area contributed by atoms with Gasteiger partial charge in [0.15, 0.2) is 18.9 Å². The van der Waals surface area contributed by atoms with Crippen molar-refractivity contribution < 1.29 is 73.0 Å². The van der Waals surface area contributed by atoms with Crippen molar-refractivity contribution in [2.24, 2.45) is 34.5 Å². The van der Waals surface area contributed by atoms with Gasteiger partial charge in [0.1, 0.15) is 31.0 Å². The van der Waals surface area contributed by atoms with E-state index in [0.717, 1.165) is 50.5 Å². The van der Waals surface area contributed by atoms with E-state index >= 15 is 0 Å². The summed E-state index contributed by atoms with van der Waals surface area (Å²) in [4.78, 5) is 24.4. The van der Waals surface area contributed by atoms with E-state index < -0.39 is 90.9 Å². The van der Waals surface area contributed by atoms with E-state index in [2.05, 4.69) is 13.8 Å². The van der Waals surface area contributed by atoms with Gasteiger partial charge in [-0.05, 0) is 94.5 Å². The highest BCUT2D eigenvalue weighted by molar-refractivity contribution is 5.85. The Morgan fingerprint density at radius 1 is 0.759 bits per heavy atom. The van der Waals surface area contributed by atoms with Crippen LogP contribution in [0.3, 0.4) is 0 Å². The largest absolute Gasteiger partial charge is 0.462 e. The molecule has 8 aliphatic rings. The molecular formula is C43H66O15. The lowest BCUT2D eigenvalue weighted by Gasteiger charge is -2.63. The quantitative estimate of drug-likeness (QED) is 0.176. The minimum absolute atomic E-state index is 0.00291. The van der Waals surface area contributed by atoms with E-state index in [-0.39, 0.29) is 61.2 Å². The summed E-state index contributed by atoms with van der Waals surface area (Å²) in [5.41, 5.74) is -0.805. The highest BCUT2D eigenvalue weighted by Crippen LogP contribution is 2.70. The van der Waals surface area contributed by atoms with Crippen molar-refractivity contribution in [3.63, 3.8) is 0 Å². The first-order valence-corrected chi connectivity index (χ1v) is 21.8. The maximum Gasteiger partial charge on any atom is 0.331 e. The number of cyclic esters (lactones) is 1. The minimum atomic E-state index is -1.05. The normalized spacial score (nSPS) is 53.2. The van der Waals surface area contributed by atoms with E-state index in [1.165, 1.54) is 13.0 Å². The Labute approximate surface area is 341 Å². The number of hydrogen-bond donors (Lipinski definition) is 5. The third-order valence-electron chi connectivity index (χ3n) is 16.1. The van der Waals surface area contributed by atoms with Crippen LogP contribution in [0.25, 0.3) is 0 Å². The summed E-state index contributed by atoms with van der Waals surface area (Å²) in [5, 5.41) is 55.4. The predicted molar refractivity (Wildman–Crippen MR) is 202 cm³/mol. The van der Waals surface area contributed by atoms with Crippen LogP contribution in [0.15, 0.2) is 11.6 Å². The summed E-state index contributed by atoms with van der Waals surface area (Å²) in [5.74, 6) is -0.330. The molecule has 8 rings (SSSR count). The van der Waals surface area contributed by atoms with Crippen LogP contribution < -0.4 is 0 Å². The zero-order valence-corrected chi connectivity index (χ0v) is 34.8. The van der Waals surface area contributed by atoms with Gasteiger partial charge in [-0.3, -0.25) is 4.79 Å². The molecule has 4 aliphatic carbocycles. The first kappa shape index (κ1) is 42.9. The van der Waals surface area contributed by atoms with Crippen LogP contribution in [0.4, 0.5) is 0 Å². The highest BCUT2D eigenvalue weighted by atomic mass is 16.7. The Morgan fingerprint density at radius 2 is 1.36 bits per heavy atom. The number of carbonyl (C=O) groups excluding carboxylic acids is 2. The molecule has 0 aromatic carbocycles. The van der Waals surface area contributed by atoms with Crippen LogP contribution in [-0.2, 0) is 47.5 Å². The molecule has 15 heteroatoms. The lowest BCUT2D eigenvalue weighted by Crippen LogP contribution is -2.62. The van der Waals surface area contributed by atoms with E-state index in [0.29, 0.717) is 18.3 Å². The molecule has 3 saturated heterocycles. The predicted octanol–water partition coefficient (Wildman–Crippen LogP) is 2.79. The molecule has 0 spiro atoms. The van der Waals surface area contributed by atoms with Crippen LogP contribution in [0.1, 0.15) is 112 Å². The Morgan fingerprint density at radius 3 is 1.93 bits per heavy atom. The fraction of sp³-hybridized carbons (Fsp3) is 0.907. The van der Waals surface area contributed by atoms with Gasteiger partial charge in [-0.2, -0.15) is 0 Å². The van der Waals surface area contributed by atoms with Crippen molar-refractivity contribution in [3.8, 4) is 0 Å². The maximum atomic E-state index is 12.8. The maximum absolute atomic E-state index is 12.8. The summed E-state index contributed by atoms with van der Waals surface area (Å²) < 4.78 is 48.1. The van der Waals surface area contributed by atoms with Crippen LogP contribution >= 0.6 is 0 Å². The standard InChI is InChI=1S/C43H66O15/c1-20-38(49)29(45)15-35(52-20)57-40-22(3)54-36(17-31(40)47)58-39-21(2)53-34(16-30(39)46)56-26-9-11-41(5)25(14-26)7-8-28-27(41)10-12-42(6)37(24-13-33(48)51-19-24)32(55-23(4)44)18-43(28,42)50/h13,20-22,25-32,34-40,45-47,49-50H,7-12,14-19H2,1-6H3/t20-,21-,22-,25-,26+,27+,28-,29+,30+,31+,32+,34-,35-,36-,37+,38-,39-,40-,41+,42-,43?/m1/s1. The molecule has 328 valence electrons. The summed E-state index contributed by atoms with van der Waals surface area (Å²) in [7, 11) is 0. The van der Waals surface area contributed by atoms with E-state index in [1.807, 2.05) is 6.92 Å². The zero-order chi connectivity index (χ0) is 41.5. The summed E-state index contributed by atoms with van der Waals surface area (Å²) in [6, 6.07) is 0. The molecule has 21 atom stereocenters. The van der Waals surface area contributed by atoms with Gasteiger partial charge in [-0.15, -0.1) is 0 Å². The third-order valence-corrected chi connectivity index (χ3v) is 16.1. The Hall–Kier alpha value is -1.76. The average molecular weight is 823 g/mol. The fourth-order valence-corrected chi connectivity index (χ4v) is 13.2. The lowest BCUT2D eigenvalue weighted by atomic mass is 9.43.